The fraction of sp³-hybridized carbons (Fsp3) is 0.533. The molecule has 1 unspecified atom stereocenters. The third-order valence-corrected chi connectivity index (χ3v) is 4.32. The lowest BCUT2D eigenvalue weighted by molar-refractivity contribution is 0.155. The van der Waals surface area contributed by atoms with E-state index in [4.69, 9.17) is 0 Å². The summed E-state index contributed by atoms with van der Waals surface area (Å²) >= 11 is 0. The molecule has 0 aliphatic carbocycles. The Labute approximate surface area is 123 Å². The first-order chi connectivity index (χ1) is 10.1. The highest BCUT2D eigenvalue weighted by atomic mass is 16.1. The molecule has 21 heavy (non-hydrogen) atoms. The maximum absolute atomic E-state index is 11.6. The highest BCUT2D eigenvalue weighted by Gasteiger charge is 2.26. The van der Waals surface area contributed by atoms with Gasteiger partial charge in [-0.2, -0.15) is 5.10 Å². The van der Waals surface area contributed by atoms with Crippen molar-refractivity contribution in [3.8, 4) is 0 Å². The summed E-state index contributed by atoms with van der Waals surface area (Å²) in [5.41, 5.74) is 1.93. The van der Waals surface area contributed by atoms with Gasteiger partial charge in [0.2, 0.25) is 0 Å². The van der Waals surface area contributed by atoms with Crippen LogP contribution in [0.1, 0.15) is 48.9 Å². The zero-order valence-electron chi connectivity index (χ0n) is 12.5. The van der Waals surface area contributed by atoms with E-state index in [9.17, 15) is 4.79 Å². The Morgan fingerprint density at radius 2 is 2.14 bits per heavy atom. The minimum atomic E-state index is -0.0725. The van der Waals surface area contributed by atoms with Crippen molar-refractivity contribution in [1.82, 2.24) is 25.1 Å². The average molecular weight is 287 g/mol. The van der Waals surface area contributed by atoms with Crippen molar-refractivity contribution in [2.24, 2.45) is 0 Å². The number of hydrogen-bond donors (Lipinski definition) is 2. The predicted octanol–water partition coefficient (Wildman–Crippen LogP) is 1.74. The first kappa shape index (κ1) is 14.0. The van der Waals surface area contributed by atoms with Crippen LogP contribution >= 0.6 is 0 Å². The summed E-state index contributed by atoms with van der Waals surface area (Å²) in [5.74, 6) is 1.32. The number of piperidine rings is 1. The Balaban J connectivity index is 1.67. The number of H-pyrrole nitrogens is 2. The average Bonchev–Trinajstić information content (AvgIpc) is 3.00. The van der Waals surface area contributed by atoms with E-state index in [0.29, 0.717) is 5.92 Å². The molecule has 0 bridgehead atoms. The molecule has 0 aromatic carbocycles. The Morgan fingerprint density at radius 3 is 2.76 bits per heavy atom. The highest BCUT2D eigenvalue weighted by molar-refractivity contribution is 5.08. The number of aryl methyl sites for hydroxylation is 1. The van der Waals surface area contributed by atoms with E-state index in [0.717, 1.165) is 37.4 Å². The van der Waals surface area contributed by atoms with Crippen LogP contribution in [0.25, 0.3) is 0 Å². The van der Waals surface area contributed by atoms with E-state index in [-0.39, 0.29) is 11.6 Å². The van der Waals surface area contributed by atoms with Crippen LogP contribution in [0.3, 0.4) is 0 Å². The molecule has 3 heterocycles. The van der Waals surface area contributed by atoms with Gasteiger partial charge >= 0.3 is 0 Å². The van der Waals surface area contributed by atoms with Gasteiger partial charge < -0.3 is 4.98 Å². The molecule has 2 aromatic rings. The van der Waals surface area contributed by atoms with Gasteiger partial charge in [0.15, 0.2) is 0 Å². The van der Waals surface area contributed by atoms with Gasteiger partial charge in [0.25, 0.3) is 5.56 Å². The molecule has 1 saturated heterocycles. The van der Waals surface area contributed by atoms with E-state index >= 15 is 0 Å². The number of rotatable bonds is 3. The second kappa shape index (κ2) is 5.81. The van der Waals surface area contributed by atoms with Crippen LogP contribution in [0.4, 0.5) is 0 Å². The van der Waals surface area contributed by atoms with Gasteiger partial charge in [-0.05, 0) is 45.8 Å². The van der Waals surface area contributed by atoms with Gasteiger partial charge in [-0.15, -0.1) is 0 Å². The second-order valence-electron chi connectivity index (χ2n) is 5.77. The summed E-state index contributed by atoms with van der Waals surface area (Å²) in [5, 5.41) is 7.10. The van der Waals surface area contributed by atoms with Gasteiger partial charge in [-0.1, -0.05) is 0 Å². The molecule has 3 rings (SSSR count). The zero-order valence-corrected chi connectivity index (χ0v) is 12.5. The van der Waals surface area contributed by atoms with E-state index in [1.54, 1.807) is 0 Å². The van der Waals surface area contributed by atoms with Crippen molar-refractivity contribution in [2.75, 3.05) is 13.1 Å². The molecule has 0 spiro atoms. The van der Waals surface area contributed by atoms with Crippen molar-refractivity contribution in [1.29, 1.82) is 0 Å². The number of nitrogens with one attached hydrogen (secondary N) is 2. The minimum Gasteiger partial charge on any atom is -0.309 e. The Bertz CT molecular complexity index is 640. The number of aromatic nitrogens is 4. The lowest BCUT2D eigenvalue weighted by Crippen LogP contribution is -2.36. The highest BCUT2D eigenvalue weighted by Crippen LogP contribution is 2.30. The molecule has 0 saturated carbocycles. The molecule has 6 heteroatoms. The molecule has 6 nitrogen and oxygen atoms in total. The lowest BCUT2D eigenvalue weighted by Gasteiger charge is -2.35. The number of nitrogens with zero attached hydrogens (tertiary/aromatic N) is 3. The predicted molar refractivity (Wildman–Crippen MR) is 80.1 cm³/mol. The van der Waals surface area contributed by atoms with Gasteiger partial charge in [0.1, 0.15) is 5.82 Å². The van der Waals surface area contributed by atoms with Crippen molar-refractivity contribution in [2.45, 2.75) is 38.6 Å². The van der Waals surface area contributed by atoms with E-state index in [1.807, 2.05) is 13.1 Å². The van der Waals surface area contributed by atoms with Crippen LogP contribution < -0.4 is 5.56 Å². The number of hydrogen-bond acceptors (Lipinski definition) is 4. The molecule has 2 N–H and O–H groups in total. The van der Waals surface area contributed by atoms with Crippen molar-refractivity contribution in [3.63, 3.8) is 0 Å². The van der Waals surface area contributed by atoms with Crippen LogP contribution in [0.5, 0.6) is 0 Å². The Morgan fingerprint density at radius 1 is 1.38 bits per heavy atom. The van der Waals surface area contributed by atoms with Crippen LogP contribution in [0, 0.1) is 6.92 Å². The molecule has 1 fully saturated rings. The molecule has 0 radical (unpaired) electrons. The van der Waals surface area contributed by atoms with E-state index < -0.39 is 0 Å². The minimum absolute atomic E-state index is 0.0725. The molecule has 2 aromatic heterocycles. The summed E-state index contributed by atoms with van der Waals surface area (Å²) < 4.78 is 0. The van der Waals surface area contributed by atoms with E-state index in [2.05, 4.69) is 38.1 Å². The van der Waals surface area contributed by atoms with Crippen molar-refractivity contribution < 1.29 is 0 Å². The Hall–Kier alpha value is -1.95. The molecule has 1 aliphatic heterocycles. The molecular weight excluding hydrogens is 266 g/mol. The number of aromatic amines is 2. The van der Waals surface area contributed by atoms with Crippen LogP contribution in [0.15, 0.2) is 23.1 Å². The third kappa shape index (κ3) is 3.05. The van der Waals surface area contributed by atoms with Gasteiger partial charge in [-0.3, -0.25) is 14.8 Å². The van der Waals surface area contributed by atoms with Crippen molar-refractivity contribution >= 4 is 0 Å². The monoisotopic (exact) mass is 287 g/mol. The normalized spacial score (nSPS) is 18.8. The summed E-state index contributed by atoms with van der Waals surface area (Å²) in [7, 11) is 0. The quantitative estimate of drug-likeness (QED) is 0.901. The van der Waals surface area contributed by atoms with Gasteiger partial charge in [-0.25, -0.2) is 4.98 Å². The van der Waals surface area contributed by atoms with Crippen LogP contribution in [-0.4, -0.2) is 38.2 Å². The SMILES string of the molecule is Cc1cc(=O)[nH]c(C(C)N2CCC(c3ccn[nH]3)CC2)n1. The summed E-state index contributed by atoms with van der Waals surface area (Å²) in [6.45, 7) is 5.97. The fourth-order valence-corrected chi connectivity index (χ4v) is 3.06. The topological polar surface area (TPSA) is 77.7 Å². The molecule has 0 amide bonds. The molecule has 112 valence electrons. The Kier molecular flexibility index (Phi) is 3.88. The zero-order chi connectivity index (χ0) is 14.8. The maximum atomic E-state index is 11.6. The third-order valence-electron chi connectivity index (χ3n) is 4.32. The van der Waals surface area contributed by atoms with E-state index in [1.165, 1.54) is 11.8 Å². The summed E-state index contributed by atoms with van der Waals surface area (Å²) in [6, 6.07) is 3.73. The fourth-order valence-electron chi connectivity index (χ4n) is 3.06. The summed E-state index contributed by atoms with van der Waals surface area (Å²) in [6.07, 6.45) is 4.01. The largest absolute Gasteiger partial charge is 0.309 e. The first-order valence-corrected chi connectivity index (χ1v) is 7.44. The molecule has 1 atom stereocenters. The second-order valence-corrected chi connectivity index (χ2v) is 5.77. The standard InChI is InChI=1S/C15H21N5O/c1-10-9-14(21)18-15(17-10)11(2)20-7-4-12(5-8-20)13-3-6-16-19-13/h3,6,9,11-12H,4-5,7-8H2,1-2H3,(H,16,19)(H,17,18,21). The maximum Gasteiger partial charge on any atom is 0.251 e. The smallest absolute Gasteiger partial charge is 0.251 e. The van der Waals surface area contributed by atoms with Crippen LogP contribution in [0.2, 0.25) is 0 Å². The lowest BCUT2D eigenvalue weighted by atomic mass is 9.93. The summed E-state index contributed by atoms with van der Waals surface area (Å²) in [4.78, 5) is 21.3. The van der Waals surface area contributed by atoms with Gasteiger partial charge in [0, 0.05) is 29.6 Å². The molecular formula is C15H21N5O. The van der Waals surface area contributed by atoms with Gasteiger partial charge in [0.05, 0.1) is 6.04 Å². The van der Waals surface area contributed by atoms with Crippen molar-refractivity contribution in [3.05, 3.63) is 45.9 Å². The number of likely N-dealkylation sites (tertiary alicyclic amines) is 1. The first-order valence-electron chi connectivity index (χ1n) is 7.44. The molecule has 1 aliphatic rings. The van der Waals surface area contributed by atoms with Crippen LogP contribution in [-0.2, 0) is 0 Å².